The molecule has 3 heterocycles. The Kier molecular flexibility index (Phi) is 7.27. The van der Waals surface area contributed by atoms with Gasteiger partial charge in [0.05, 0.1) is 23.5 Å². The summed E-state index contributed by atoms with van der Waals surface area (Å²) in [7, 11) is 0. The maximum Gasteiger partial charge on any atom is 0.417 e. The van der Waals surface area contributed by atoms with Gasteiger partial charge in [-0.2, -0.15) is 23.1 Å². The molecule has 1 aromatic carbocycles. The first-order valence-corrected chi connectivity index (χ1v) is 11.7. The maximum atomic E-state index is 16.1. The van der Waals surface area contributed by atoms with E-state index in [-0.39, 0.29) is 34.7 Å². The molecule has 200 valence electrons. The second-order valence-electron chi connectivity index (χ2n) is 9.04. The van der Waals surface area contributed by atoms with Gasteiger partial charge >= 0.3 is 12.2 Å². The summed E-state index contributed by atoms with van der Waals surface area (Å²) < 4.78 is 84.4. The molecule has 0 spiro atoms. The number of rotatable bonds is 3. The Bertz CT molecular complexity index is 1330. The molecule has 0 saturated heterocycles. The van der Waals surface area contributed by atoms with Crippen molar-refractivity contribution in [3.8, 4) is 23.1 Å². The first-order chi connectivity index (χ1) is 17.4. The summed E-state index contributed by atoms with van der Waals surface area (Å²) in [5, 5.41) is 6.34. The van der Waals surface area contributed by atoms with E-state index in [2.05, 4.69) is 25.6 Å². The zero-order chi connectivity index (χ0) is 27.1. The lowest BCUT2D eigenvalue weighted by atomic mass is 9.96. The van der Waals surface area contributed by atoms with Gasteiger partial charge in [0.1, 0.15) is 28.2 Å². The van der Waals surface area contributed by atoms with Crippen LogP contribution in [0, 0.1) is 18.6 Å². The van der Waals surface area contributed by atoms with Crippen LogP contribution in [0.25, 0.3) is 22.2 Å². The summed E-state index contributed by atoms with van der Waals surface area (Å²) in [4.78, 5) is 12.7. The summed E-state index contributed by atoms with van der Waals surface area (Å²) in [6, 6.07) is 0.535. The molecule has 0 bridgehead atoms. The molecule has 1 atom stereocenters. The number of nitrogen functional groups attached to an aromatic ring is 1. The quantitative estimate of drug-likeness (QED) is 0.329. The normalized spacial score (nSPS) is 16.8. The average molecular weight is 527 g/mol. The van der Waals surface area contributed by atoms with Crippen LogP contribution in [0.15, 0.2) is 6.07 Å². The Morgan fingerprint density at radius 1 is 1.11 bits per heavy atom. The Labute approximate surface area is 209 Å². The van der Waals surface area contributed by atoms with E-state index in [0.717, 1.165) is 13.0 Å². The fourth-order valence-electron chi connectivity index (χ4n) is 4.10. The molecule has 3 aromatic rings. The zero-order valence-electron chi connectivity index (χ0n) is 20.7. The van der Waals surface area contributed by atoms with Crippen molar-refractivity contribution >= 4 is 22.4 Å². The monoisotopic (exact) mass is 526 g/mol. The first-order valence-electron chi connectivity index (χ1n) is 11.7. The largest absolute Gasteiger partial charge is 0.474 e. The fourth-order valence-corrected chi connectivity index (χ4v) is 4.10. The van der Waals surface area contributed by atoms with Crippen LogP contribution in [-0.2, 0) is 6.18 Å². The minimum atomic E-state index is -5.03. The number of anilines is 2. The number of aromatic nitrogens is 3. The van der Waals surface area contributed by atoms with E-state index >= 15 is 4.39 Å². The highest BCUT2D eigenvalue weighted by Gasteiger charge is 2.39. The van der Waals surface area contributed by atoms with Gasteiger partial charge in [0.15, 0.2) is 5.82 Å². The molecule has 37 heavy (non-hydrogen) atoms. The predicted octanol–water partition coefficient (Wildman–Crippen LogP) is 4.84. The molecule has 2 aromatic heterocycles. The van der Waals surface area contributed by atoms with Gasteiger partial charge in [-0.15, -0.1) is 0 Å². The molecule has 4 rings (SSSR count). The van der Waals surface area contributed by atoms with Crippen LogP contribution in [-0.4, -0.2) is 46.8 Å². The highest BCUT2D eigenvalue weighted by atomic mass is 19.4. The molecule has 1 aliphatic heterocycles. The first kappa shape index (κ1) is 26.6. The van der Waals surface area contributed by atoms with Crippen molar-refractivity contribution in [2.24, 2.45) is 0 Å². The molecule has 0 radical (unpaired) electrons. The van der Waals surface area contributed by atoms with Gasteiger partial charge in [-0.3, -0.25) is 0 Å². The smallest absolute Gasteiger partial charge is 0.417 e. The van der Waals surface area contributed by atoms with Crippen molar-refractivity contribution in [1.82, 2.24) is 20.3 Å². The molecular formula is C24H27F5N6O2. The van der Waals surface area contributed by atoms with Crippen molar-refractivity contribution in [1.29, 1.82) is 0 Å². The third kappa shape index (κ3) is 5.31. The molecule has 0 fully saturated rings. The van der Waals surface area contributed by atoms with Crippen LogP contribution in [0.1, 0.15) is 38.3 Å². The van der Waals surface area contributed by atoms with Gasteiger partial charge in [-0.05, 0) is 52.3 Å². The van der Waals surface area contributed by atoms with Gasteiger partial charge in [-0.25, -0.2) is 13.8 Å². The minimum Gasteiger partial charge on any atom is -0.474 e. The van der Waals surface area contributed by atoms with E-state index in [9.17, 15) is 17.6 Å². The van der Waals surface area contributed by atoms with Crippen LogP contribution in [0.2, 0.25) is 0 Å². The van der Waals surface area contributed by atoms with Gasteiger partial charge in [-0.1, -0.05) is 0 Å². The number of nitrogens with one attached hydrogen (secondary N) is 2. The third-order valence-electron chi connectivity index (χ3n) is 5.77. The summed E-state index contributed by atoms with van der Waals surface area (Å²) in [5.41, 5.74) is 1.09. The lowest BCUT2D eigenvalue weighted by molar-refractivity contribution is -0.137. The molecule has 0 aliphatic carbocycles. The lowest BCUT2D eigenvalue weighted by Gasteiger charge is -2.21. The molecular weight excluding hydrogens is 499 g/mol. The van der Waals surface area contributed by atoms with Crippen LogP contribution < -0.4 is 25.8 Å². The van der Waals surface area contributed by atoms with Crippen molar-refractivity contribution in [2.75, 3.05) is 30.7 Å². The number of ether oxygens (including phenoxy) is 2. The summed E-state index contributed by atoms with van der Waals surface area (Å²) in [6.07, 6.45) is -5.30. The standard InChI is InChI=1S/C24H27F5N6O2/c1-10(2)36-23-34-20-15-21(35-23)32-8-7-31-6-5-11(3)37-22(15)33-19(18(20)26)13-9-14(30)17(25)12(4)16(13)24(27,28)29/h9-11,31H,5-8,30H2,1-4H3,(H,32,34,35). The Balaban J connectivity index is 2.10. The summed E-state index contributed by atoms with van der Waals surface area (Å²) in [5.74, 6) is -2.45. The van der Waals surface area contributed by atoms with E-state index < -0.39 is 52.0 Å². The number of hydrogen-bond acceptors (Lipinski definition) is 8. The Hall–Kier alpha value is -3.48. The number of halogens is 5. The molecule has 4 N–H and O–H groups in total. The van der Waals surface area contributed by atoms with E-state index in [1.807, 2.05) is 0 Å². The molecule has 13 heteroatoms. The van der Waals surface area contributed by atoms with Crippen molar-refractivity contribution in [3.63, 3.8) is 0 Å². The molecule has 0 saturated carbocycles. The van der Waals surface area contributed by atoms with Crippen LogP contribution >= 0.6 is 0 Å². The number of alkyl halides is 3. The topological polar surface area (TPSA) is 107 Å². The van der Waals surface area contributed by atoms with Crippen molar-refractivity contribution in [3.05, 3.63) is 28.8 Å². The molecule has 1 unspecified atom stereocenters. The third-order valence-corrected chi connectivity index (χ3v) is 5.77. The second kappa shape index (κ2) is 10.1. The summed E-state index contributed by atoms with van der Waals surface area (Å²) in [6.45, 7) is 7.67. The number of hydrogen-bond donors (Lipinski definition) is 3. The van der Waals surface area contributed by atoms with Gasteiger partial charge < -0.3 is 25.8 Å². The van der Waals surface area contributed by atoms with Crippen LogP contribution in [0.5, 0.6) is 11.9 Å². The number of pyridine rings is 1. The molecule has 8 nitrogen and oxygen atoms in total. The van der Waals surface area contributed by atoms with E-state index in [0.29, 0.717) is 26.1 Å². The van der Waals surface area contributed by atoms with Crippen LogP contribution in [0.4, 0.5) is 33.5 Å². The lowest BCUT2D eigenvalue weighted by Crippen LogP contribution is -2.26. The average Bonchev–Trinajstić information content (AvgIpc) is 2.82. The highest BCUT2D eigenvalue weighted by molar-refractivity contribution is 5.96. The number of nitrogens with two attached hydrogens (primary N) is 1. The van der Waals surface area contributed by atoms with Crippen molar-refractivity contribution in [2.45, 2.75) is 52.5 Å². The van der Waals surface area contributed by atoms with Gasteiger partial charge in [0.25, 0.3) is 0 Å². The Morgan fingerprint density at radius 3 is 2.51 bits per heavy atom. The Morgan fingerprint density at radius 2 is 1.84 bits per heavy atom. The zero-order valence-corrected chi connectivity index (χ0v) is 20.7. The van der Waals surface area contributed by atoms with E-state index in [1.165, 1.54) is 0 Å². The number of benzene rings is 1. The van der Waals surface area contributed by atoms with Gasteiger partial charge in [0, 0.05) is 18.7 Å². The SMILES string of the molecule is Cc1c(F)c(N)cc(-c2nc3c4c(nc(OC(C)C)nc4c2F)NCCNCCC(C)O3)c1C(F)(F)F. The van der Waals surface area contributed by atoms with E-state index in [1.54, 1.807) is 20.8 Å². The maximum absolute atomic E-state index is 16.1. The van der Waals surface area contributed by atoms with Gasteiger partial charge in [0.2, 0.25) is 5.88 Å². The van der Waals surface area contributed by atoms with E-state index in [4.69, 9.17) is 15.2 Å². The number of nitrogens with zero attached hydrogens (tertiary/aromatic N) is 3. The summed E-state index contributed by atoms with van der Waals surface area (Å²) >= 11 is 0. The second-order valence-corrected chi connectivity index (χ2v) is 9.04. The highest BCUT2D eigenvalue weighted by Crippen LogP contribution is 2.44. The fraction of sp³-hybridized carbons (Fsp3) is 0.458. The molecule has 1 aliphatic rings. The molecule has 0 amide bonds. The minimum absolute atomic E-state index is 0.0477. The van der Waals surface area contributed by atoms with Crippen LogP contribution in [0.3, 0.4) is 0 Å². The van der Waals surface area contributed by atoms with Crippen molar-refractivity contribution < 1.29 is 31.4 Å². The predicted molar refractivity (Wildman–Crippen MR) is 129 cm³/mol.